The van der Waals surface area contributed by atoms with Crippen molar-refractivity contribution in [1.82, 2.24) is 0 Å². The molecule has 0 fully saturated rings. The predicted molar refractivity (Wildman–Crippen MR) is 84.4 cm³/mol. The van der Waals surface area contributed by atoms with E-state index in [2.05, 4.69) is 65.1 Å². The molecular formula is C19H26. The molecule has 102 valence electrons. The van der Waals surface area contributed by atoms with Crippen LogP contribution in [0.2, 0.25) is 0 Å². The van der Waals surface area contributed by atoms with Crippen molar-refractivity contribution in [1.29, 1.82) is 0 Å². The van der Waals surface area contributed by atoms with E-state index in [1.807, 2.05) is 0 Å². The lowest BCUT2D eigenvalue weighted by Crippen LogP contribution is -2.15. The van der Waals surface area contributed by atoms with Crippen LogP contribution in [0.25, 0.3) is 0 Å². The number of hydrogen-bond acceptors (Lipinski definition) is 0. The van der Waals surface area contributed by atoms with Crippen LogP contribution in [0, 0.1) is 11.3 Å². The van der Waals surface area contributed by atoms with E-state index in [9.17, 15) is 0 Å². The van der Waals surface area contributed by atoms with E-state index in [4.69, 9.17) is 0 Å². The van der Waals surface area contributed by atoms with E-state index < -0.39 is 0 Å². The fraction of sp³-hybridized carbons (Fsp3) is 0.474. The summed E-state index contributed by atoms with van der Waals surface area (Å²) in [6, 6.07) is 8.83. The molecule has 1 unspecified atom stereocenters. The second-order valence-electron chi connectivity index (χ2n) is 7.23. The summed E-state index contributed by atoms with van der Waals surface area (Å²) >= 11 is 0. The number of hydrogen-bond donors (Lipinski definition) is 0. The molecular weight excluding hydrogens is 228 g/mol. The average molecular weight is 254 g/mol. The zero-order valence-electron chi connectivity index (χ0n) is 12.8. The van der Waals surface area contributed by atoms with Gasteiger partial charge in [0.1, 0.15) is 0 Å². The SMILES string of the molecule is C=C(CC(C)(C)C)C1c2ccccc2C[C@H]1C(=C)C. The minimum atomic E-state index is 0.300. The van der Waals surface area contributed by atoms with Crippen molar-refractivity contribution in [3.63, 3.8) is 0 Å². The summed E-state index contributed by atoms with van der Waals surface area (Å²) in [5.41, 5.74) is 5.91. The third kappa shape index (κ3) is 3.00. The smallest absolute Gasteiger partial charge is 0.0117 e. The molecule has 0 N–H and O–H groups in total. The van der Waals surface area contributed by atoms with Crippen LogP contribution in [0.5, 0.6) is 0 Å². The summed E-state index contributed by atoms with van der Waals surface area (Å²) in [6.45, 7) is 17.6. The quantitative estimate of drug-likeness (QED) is 0.624. The van der Waals surface area contributed by atoms with Gasteiger partial charge in [0.15, 0.2) is 0 Å². The average Bonchev–Trinajstić information content (AvgIpc) is 2.65. The number of allylic oxidation sites excluding steroid dienone is 2. The Morgan fingerprint density at radius 3 is 2.42 bits per heavy atom. The van der Waals surface area contributed by atoms with Crippen molar-refractivity contribution in [2.75, 3.05) is 0 Å². The maximum Gasteiger partial charge on any atom is 0.0117 e. The molecule has 2 atom stereocenters. The van der Waals surface area contributed by atoms with Gasteiger partial charge in [0.25, 0.3) is 0 Å². The molecule has 0 heterocycles. The Labute approximate surface area is 118 Å². The van der Waals surface area contributed by atoms with Crippen LogP contribution in [0.4, 0.5) is 0 Å². The first kappa shape index (κ1) is 14.1. The number of rotatable bonds is 3. The lowest BCUT2D eigenvalue weighted by molar-refractivity contribution is 0.390. The number of benzene rings is 1. The van der Waals surface area contributed by atoms with Crippen molar-refractivity contribution in [2.24, 2.45) is 11.3 Å². The summed E-state index contributed by atoms with van der Waals surface area (Å²) in [6.07, 6.45) is 2.20. The van der Waals surface area contributed by atoms with Gasteiger partial charge in [0.05, 0.1) is 0 Å². The Kier molecular flexibility index (Phi) is 3.71. The van der Waals surface area contributed by atoms with Gasteiger partial charge in [-0.1, -0.05) is 69.3 Å². The van der Waals surface area contributed by atoms with Gasteiger partial charge in [0, 0.05) is 5.92 Å². The molecule has 0 heteroatoms. The molecule has 2 rings (SSSR count). The third-order valence-corrected chi connectivity index (χ3v) is 4.06. The van der Waals surface area contributed by atoms with Crippen molar-refractivity contribution in [3.05, 3.63) is 59.7 Å². The second kappa shape index (κ2) is 5.00. The molecule has 0 aromatic heterocycles. The summed E-state index contributed by atoms with van der Waals surface area (Å²) in [4.78, 5) is 0. The minimum absolute atomic E-state index is 0.300. The topological polar surface area (TPSA) is 0 Å². The van der Waals surface area contributed by atoms with E-state index in [1.54, 1.807) is 0 Å². The van der Waals surface area contributed by atoms with Gasteiger partial charge in [-0.05, 0) is 42.2 Å². The highest BCUT2D eigenvalue weighted by Gasteiger charge is 2.35. The summed E-state index contributed by atoms with van der Waals surface area (Å²) in [7, 11) is 0. The first-order valence-electron chi connectivity index (χ1n) is 7.20. The zero-order valence-corrected chi connectivity index (χ0v) is 12.8. The normalized spacial score (nSPS) is 22.1. The van der Waals surface area contributed by atoms with Crippen molar-refractivity contribution < 1.29 is 0 Å². The van der Waals surface area contributed by atoms with Crippen LogP contribution in [0.3, 0.4) is 0 Å². The van der Waals surface area contributed by atoms with Gasteiger partial charge in [0.2, 0.25) is 0 Å². The highest BCUT2D eigenvalue weighted by atomic mass is 14.4. The van der Waals surface area contributed by atoms with Crippen LogP contribution in [0.1, 0.15) is 51.2 Å². The van der Waals surface area contributed by atoms with Gasteiger partial charge in [-0.3, -0.25) is 0 Å². The number of fused-ring (bicyclic) bond motifs is 1. The van der Waals surface area contributed by atoms with Crippen LogP contribution in [-0.4, -0.2) is 0 Å². The maximum absolute atomic E-state index is 4.41. The predicted octanol–water partition coefficient (Wildman–Crippen LogP) is 5.51. The fourth-order valence-electron chi connectivity index (χ4n) is 3.35. The maximum atomic E-state index is 4.41. The monoisotopic (exact) mass is 254 g/mol. The largest absolute Gasteiger partial charge is 0.0998 e. The first-order valence-corrected chi connectivity index (χ1v) is 7.20. The van der Waals surface area contributed by atoms with Gasteiger partial charge in [-0.2, -0.15) is 0 Å². The molecule has 0 amide bonds. The third-order valence-electron chi connectivity index (χ3n) is 4.06. The lowest BCUT2D eigenvalue weighted by atomic mass is 9.76. The van der Waals surface area contributed by atoms with E-state index in [0.29, 0.717) is 17.3 Å². The summed E-state index contributed by atoms with van der Waals surface area (Å²) in [5.74, 6) is 1.00. The summed E-state index contributed by atoms with van der Waals surface area (Å²) in [5, 5.41) is 0. The van der Waals surface area contributed by atoms with E-state index >= 15 is 0 Å². The van der Waals surface area contributed by atoms with Crippen LogP contribution >= 0.6 is 0 Å². The Morgan fingerprint density at radius 1 is 1.21 bits per heavy atom. The van der Waals surface area contributed by atoms with E-state index in [0.717, 1.165) is 12.8 Å². The molecule has 0 aliphatic heterocycles. The Balaban J connectivity index is 2.34. The first-order chi connectivity index (χ1) is 8.79. The molecule has 0 saturated carbocycles. The highest BCUT2D eigenvalue weighted by Crippen LogP contribution is 2.47. The van der Waals surface area contributed by atoms with Gasteiger partial charge >= 0.3 is 0 Å². The lowest BCUT2D eigenvalue weighted by Gasteiger charge is -2.28. The van der Waals surface area contributed by atoms with Crippen LogP contribution in [0.15, 0.2) is 48.6 Å². The molecule has 19 heavy (non-hydrogen) atoms. The van der Waals surface area contributed by atoms with E-state index in [-0.39, 0.29) is 0 Å². The molecule has 0 spiro atoms. The van der Waals surface area contributed by atoms with Gasteiger partial charge in [-0.15, -0.1) is 0 Å². The van der Waals surface area contributed by atoms with Gasteiger partial charge in [-0.25, -0.2) is 0 Å². The molecule has 1 aromatic carbocycles. The van der Waals surface area contributed by atoms with Gasteiger partial charge < -0.3 is 0 Å². The standard InChI is InChI=1S/C19H26/c1-13(2)17-11-15-9-7-8-10-16(15)18(17)14(3)12-19(4,5)6/h7-10,17-18H,1,3,11-12H2,2,4-6H3/t17-,18?/m0/s1. The van der Waals surface area contributed by atoms with Crippen LogP contribution in [-0.2, 0) is 6.42 Å². The minimum Gasteiger partial charge on any atom is -0.0998 e. The molecule has 1 aliphatic rings. The Bertz CT molecular complexity index is 499. The molecule has 0 bridgehead atoms. The summed E-state index contributed by atoms with van der Waals surface area (Å²) < 4.78 is 0. The molecule has 0 radical (unpaired) electrons. The zero-order chi connectivity index (χ0) is 14.2. The molecule has 0 saturated heterocycles. The fourth-order valence-corrected chi connectivity index (χ4v) is 3.35. The van der Waals surface area contributed by atoms with Crippen molar-refractivity contribution in [3.8, 4) is 0 Å². The Hall–Kier alpha value is -1.30. The highest BCUT2D eigenvalue weighted by molar-refractivity contribution is 5.44. The molecule has 0 nitrogen and oxygen atoms in total. The van der Waals surface area contributed by atoms with Crippen LogP contribution < -0.4 is 0 Å². The van der Waals surface area contributed by atoms with Crippen molar-refractivity contribution in [2.45, 2.75) is 46.5 Å². The molecule has 1 aliphatic carbocycles. The Morgan fingerprint density at radius 2 is 1.84 bits per heavy atom. The van der Waals surface area contributed by atoms with E-state index in [1.165, 1.54) is 22.3 Å². The molecule has 1 aromatic rings. The van der Waals surface area contributed by atoms with Crippen molar-refractivity contribution >= 4 is 0 Å². The second-order valence-corrected chi connectivity index (χ2v) is 7.23.